The van der Waals surface area contributed by atoms with Crippen molar-refractivity contribution in [2.24, 2.45) is 0 Å². The number of hydrogen-bond donors (Lipinski definition) is 0. The Kier molecular flexibility index (Phi) is 7.36. The average molecular weight is 624 g/mol. The predicted molar refractivity (Wildman–Crippen MR) is 203 cm³/mol. The van der Waals surface area contributed by atoms with Crippen LogP contribution in [-0.4, -0.2) is 20.6 Å². The van der Waals surface area contributed by atoms with Gasteiger partial charge >= 0.3 is 0 Å². The molecule has 0 N–H and O–H groups in total. The molecule has 6 heterocycles. The maximum Gasteiger partial charge on any atom is 0.0491 e. The van der Waals surface area contributed by atoms with Gasteiger partial charge in [-0.25, -0.2) is 0 Å². The van der Waals surface area contributed by atoms with Crippen molar-refractivity contribution in [1.29, 1.82) is 0 Å². The van der Waals surface area contributed by atoms with Crippen molar-refractivity contribution in [2.75, 3.05) is 6.54 Å². The van der Waals surface area contributed by atoms with E-state index in [1.165, 1.54) is 89.8 Å². The van der Waals surface area contributed by atoms with Gasteiger partial charge in [-0.3, -0.25) is 4.90 Å². The fourth-order valence-electron chi connectivity index (χ4n) is 8.10. The fourth-order valence-corrected chi connectivity index (χ4v) is 8.10. The van der Waals surface area contributed by atoms with Crippen LogP contribution >= 0.6 is 0 Å². The molecule has 236 valence electrons. The van der Waals surface area contributed by atoms with Crippen LogP contribution < -0.4 is 0 Å². The van der Waals surface area contributed by atoms with Crippen LogP contribution in [0.2, 0.25) is 0 Å². The summed E-state index contributed by atoms with van der Waals surface area (Å²) in [6.07, 6.45) is 3.44. The van der Waals surface area contributed by atoms with Crippen LogP contribution in [0.3, 0.4) is 0 Å². The van der Waals surface area contributed by atoms with Gasteiger partial charge in [-0.1, -0.05) is 98.3 Å². The summed E-state index contributed by atoms with van der Waals surface area (Å²) in [5, 5.41) is 5.45. The van der Waals surface area contributed by atoms with Crippen molar-refractivity contribution < 1.29 is 0 Å². The zero-order chi connectivity index (χ0) is 32.0. The van der Waals surface area contributed by atoms with Crippen LogP contribution in [0.5, 0.6) is 0 Å². The summed E-state index contributed by atoms with van der Waals surface area (Å²) in [5.74, 6) is 0. The Morgan fingerprint density at radius 2 is 0.896 bits per heavy atom. The van der Waals surface area contributed by atoms with E-state index < -0.39 is 0 Å². The Morgan fingerprint density at radius 1 is 0.458 bits per heavy atom. The molecule has 0 aliphatic carbocycles. The Balaban J connectivity index is 1.21. The van der Waals surface area contributed by atoms with E-state index in [1.54, 1.807) is 0 Å². The summed E-state index contributed by atoms with van der Waals surface area (Å²) >= 11 is 0. The van der Waals surface area contributed by atoms with E-state index >= 15 is 0 Å². The van der Waals surface area contributed by atoms with E-state index in [1.807, 2.05) is 0 Å². The number of nitrogens with zero attached hydrogens (tertiary/aromatic N) is 3. The van der Waals surface area contributed by atoms with E-state index in [0.29, 0.717) is 0 Å². The van der Waals surface area contributed by atoms with E-state index in [4.69, 9.17) is 0 Å². The van der Waals surface area contributed by atoms with Crippen molar-refractivity contribution in [3.63, 3.8) is 0 Å². The lowest BCUT2D eigenvalue weighted by Crippen LogP contribution is -2.24. The van der Waals surface area contributed by atoms with Crippen LogP contribution in [0.25, 0.3) is 65.9 Å². The number of rotatable bonds is 5. The summed E-state index contributed by atoms with van der Waals surface area (Å²) in [5.41, 5.74) is 13.2. The molecule has 6 aromatic carbocycles. The van der Waals surface area contributed by atoms with Gasteiger partial charge in [0, 0.05) is 69.8 Å². The molecule has 8 bridgehead atoms. The molecule has 4 aliphatic rings. The third-order valence-corrected chi connectivity index (χ3v) is 10.5. The fraction of sp³-hybridized carbons (Fsp3) is 0.200. The molecule has 8 aromatic rings. The van der Waals surface area contributed by atoms with E-state index in [-0.39, 0.29) is 0 Å². The summed E-state index contributed by atoms with van der Waals surface area (Å²) in [6.45, 7) is 7.21. The first-order chi connectivity index (χ1) is 23.7. The average Bonchev–Trinajstić information content (AvgIpc) is 3.61. The van der Waals surface area contributed by atoms with Crippen molar-refractivity contribution >= 4 is 43.6 Å². The third-order valence-electron chi connectivity index (χ3n) is 10.5. The maximum absolute atomic E-state index is 2.65. The molecule has 12 rings (SSSR count). The Morgan fingerprint density at radius 3 is 1.35 bits per heavy atom. The minimum Gasteiger partial charge on any atom is -0.340 e. The molecule has 4 aliphatic heterocycles. The zero-order valence-corrected chi connectivity index (χ0v) is 27.7. The van der Waals surface area contributed by atoms with Crippen LogP contribution in [0, 0.1) is 0 Å². The van der Waals surface area contributed by atoms with Gasteiger partial charge in [0.1, 0.15) is 0 Å². The van der Waals surface area contributed by atoms with Gasteiger partial charge < -0.3 is 9.13 Å². The van der Waals surface area contributed by atoms with Crippen molar-refractivity contribution in [1.82, 2.24) is 14.0 Å². The molecule has 48 heavy (non-hydrogen) atoms. The summed E-state index contributed by atoms with van der Waals surface area (Å²) in [7, 11) is 0. The first-order valence-corrected chi connectivity index (χ1v) is 17.7. The normalized spacial score (nSPS) is 14.1. The summed E-state index contributed by atoms with van der Waals surface area (Å²) < 4.78 is 5.15. The van der Waals surface area contributed by atoms with Gasteiger partial charge in [-0.2, -0.15) is 0 Å². The van der Waals surface area contributed by atoms with Crippen LogP contribution in [0.1, 0.15) is 37.3 Å². The van der Waals surface area contributed by atoms with Gasteiger partial charge in [0.05, 0.1) is 0 Å². The molecule has 0 spiro atoms. The van der Waals surface area contributed by atoms with Crippen LogP contribution in [0.15, 0.2) is 133 Å². The van der Waals surface area contributed by atoms with Crippen molar-refractivity contribution in [2.45, 2.75) is 52.4 Å². The molecular formula is C45H41N3. The zero-order valence-electron chi connectivity index (χ0n) is 27.7. The smallest absolute Gasteiger partial charge is 0.0491 e. The standard InChI is InChI=1S/C45H41N3/c1-2-3-23-46-30-32-15-19-42-38(26-32)40-28-36(34-11-6-4-7-12-34)17-21-44(40)47(42)24-10-25-48-43-20-16-33(31-46)27-39(43)41-29-37(18-22-45(41)48)35-13-8-5-9-14-35/h4-9,11-22,26-29H,2-3,10,23-25,30-31H2,1H3. The highest BCUT2D eigenvalue weighted by molar-refractivity contribution is 6.10. The van der Waals surface area contributed by atoms with Gasteiger partial charge in [-0.15, -0.1) is 0 Å². The molecule has 3 heteroatoms. The summed E-state index contributed by atoms with van der Waals surface area (Å²) in [4.78, 5) is 2.65. The first kappa shape index (κ1) is 29.1. The Bertz CT molecular complexity index is 2250. The highest BCUT2D eigenvalue weighted by atomic mass is 15.1. The highest BCUT2D eigenvalue weighted by Gasteiger charge is 2.18. The predicted octanol–water partition coefficient (Wildman–Crippen LogP) is 11.4. The van der Waals surface area contributed by atoms with Crippen molar-refractivity contribution in [3.8, 4) is 22.3 Å². The second-order valence-electron chi connectivity index (χ2n) is 13.6. The van der Waals surface area contributed by atoms with Gasteiger partial charge in [0.15, 0.2) is 0 Å². The quantitative estimate of drug-likeness (QED) is 0.186. The van der Waals surface area contributed by atoms with E-state index in [2.05, 4.69) is 154 Å². The number of fused-ring (bicyclic) bond motifs is 2. The van der Waals surface area contributed by atoms with Crippen molar-refractivity contribution in [3.05, 3.63) is 145 Å². The molecule has 0 saturated carbocycles. The number of hydrogen-bond acceptors (Lipinski definition) is 1. The van der Waals surface area contributed by atoms with E-state index in [0.717, 1.165) is 39.1 Å². The first-order valence-electron chi connectivity index (χ1n) is 17.7. The molecule has 0 atom stereocenters. The number of aryl methyl sites for hydroxylation is 2. The molecule has 2 aromatic heterocycles. The largest absolute Gasteiger partial charge is 0.340 e. The number of aromatic nitrogens is 2. The molecule has 0 radical (unpaired) electrons. The minimum atomic E-state index is 0.943. The summed E-state index contributed by atoms with van der Waals surface area (Å²) in [6, 6.07) is 50.2. The monoisotopic (exact) mass is 623 g/mol. The highest BCUT2D eigenvalue weighted by Crippen LogP contribution is 2.36. The van der Waals surface area contributed by atoms with Gasteiger partial charge in [-0.05, 0) is 101 Å². The van der Waals surface area contributed by atoms with Crippen LogP contribution in [-0.2, 0) is 26.2 Å². The van der Waals surface area contributed by atoms with Crippen LogP contribution in [0.4, 0.5) is 0 Å². The van der Waals surface area contributed by atoms with Gasteiger partial charge in [0.25, 0.3) is 0 Å². The molecule has 3 nitrogen and oxygen atoms in total. The molecule has 0 unspecified atom stereocenters. The minimum absolute atomic E-state index is 0.943. The lowest BCUT2D eigenvalue weighted by molar-refractivity contribution is 0.253. The van der Waals surface area contributed by atoms with E-state index in [9.17, 15) is 0 Å². The second-order valence-corrected chi connectivity index (χ2v) is 13.6. The maximum atomic E-state index is 2.65. The lowest BCUT2D eigenvalue weighted by atomic mass is 10.0. The second kappa shape index (κ2) is 12.2. The SMILES string of the molecule is CCCCN1Cc2ccc3c(c2)c2cc(-c4ccccc4)ccc2n3CCCn2c3ccc(cc3c3cc(-c4ccccc4)ccc32)C1. The topological polar surface area (TPSA) is 13.1 Å². The number of unbranched alkanes of at least 4 members (excludes halogenated alkanes) is 1. The molecule has 0 saturated heterocycles. The third kappa shape index (κ3) is 5.10. The molecule has 0 fully saturated rings. The lowest BCUT2D eigenvalue weighted by Gasteiger charge is -2.23. The molecule has 0 amide bonds. The van der Waals surface area contributed by atoms with Gasteiger partial charge in [0.2, 0.25) is 0 Å². The molecular weight excluding hydrogens is 583 g/mol. The Hall–Kier alpha value is -5.12. The Labute approximate surface area is 282 Å². The number of benzene rings is 6.